The zero-order valence-corrected chi connectivity index (χ0v) is 16.9. The Hall–Kier alpha value is -1.94. The average Bonchev–Trinajstić information content (AvgIpc) is 3.05. The third-order valence-electron chi connectivity index (χ3n) is 4.11. The van der Waals surface area contributed by atoms with E-state index in [0.717, 1.165) is 45.8 Å². The summed E-state index contributed by atoms with van der Waals surface area (Å²) in [5.41, 5.74) is 2.30. The van der Waals surface area contributed by atoms with Crippen LogP contribution in [0.3, 0.4) is 0 Å². The van der Waals surface area contributed by atoms with Crippen molar-refractivity contribution in [1.82, 2.24) is 9.97 Å². The lowest BCUT2D eigenvalue weighted by Crippen LogP contribution is -2.36. The summed E-state index contributed by atoms with van der Waals surface area (Å²) in [5.74, 6) is 0.833. The highest BCUT2D eigenvalue weighted by Gasteiger charge is 2.19. The highest BCUT2D eigenvalue weighted by Crippen LogP contribution is 2.38. The number of hydrogen-bond donors (Lipinski definition) is 1. The van der Waals surface area contributed by atoms with E-state index in [4.69, 9.17) is 16.3 Å². The van der Waals surface area contributed by atoms with Gasteiger partial charge in [-0.05, 0) is 35.4 Å². The maximum atomic E-state index is 11.3. The lowest BCUT2D eigenvalue weighted by Gasteiger charge is -2.28. The maximum Gasteiger partial charge on any atom is 0.229 e. The van der Waals surface area contributed by atoms with Gasteiger partial charge in [0.25, 0.3) is 0 Å². The fourth-order valence-corrected chi connectivity index (χ4v) is 4.79. The fourth-order valence-electron chi connectivity index (χ4n) is 2.94. The second kappa shape index (κ2) is 7.23. The van der Waals surface area contributed by atoms with E-state index < -0.39 is 10.0 Å². The van der Waals surface area contributed by atoms with Crippen LogP contribution in [0.2, 0.25) is 5.28 Å². The Kier molecular flexibility index (Phi) is 4.94. The van der Waals surface area contributed by atoms with Crippen LogP contribution in [-0.4, -0.2) is 50.9 Å². The topological polar surface area (TPSA) is 84.4 Å². The Morgan fingerprint density at radius 2 is 1.89 bits per heavy atom. The molecule has 4 rings (SSSR count). The number of halogens is 1. The summed E-state index contributed by atoms with van der Waals surface area (Å²) < 4.78 is 31.5. The predicted molar refractivity (Wildman–Crippen MR) is 109 cm³/mol. The predicted octanol–water partition coefficient (Wildman–Crippen LogP) is 3.22. The van der Waals surface area contributed by atoms with Crippen molar-refractivity contribution < 1.29 is 13.2 Å². The molecule has 10 heteroatoms. The van der Waals surface area contributed by atoms with Crippen LogP contribution in [0.4, 0.5) is 11.5 Å². The number of ether oxygens (including phenoxy) is 1. The first-order chi connectivity index (χ1) is 12.9. The minimum absolute atomic E-state index is 0.223. The van der Waals surface area contributed by atoms with Gasteiger partial charge in [0, 0.05) is 23.7 Å². The van der Waals surface area contributed by atoms with Crippen LogP contribution in [0.5, 0.6) is 0 Å². The van der Waals surface area contributed by atoms with E-state index in [1.54, 1.807) is 23.5 Å². The number of aromatic nitrogens is 2. The minimum Gasteiger partial charge on any atom is -0.378 e. The first kappa shape index (κ1) is 18.4. The molecule has 27 heavy (non-hydrogen) atoms. The third kappa shape index (κ3) is 4.16. The Morgan fingerprint density at radius 3 is 2.56 bits per heavy atom. The van der Waals surface area contributed by atoms with Gasteiger partial charge in [-0.3, -0.25) is 4.72 Å². The van der Waals surface area contributed by atoms with Gasteiger partial charge >= 0.3 is 0 Å². The largest absolute Gasteiger partial charge is 0.378 e. The van der Waals surface area contributed by atoms with Crippen LogP contribution in [0.15, 0.2) is 30.3 Å². The van der Waals surface area contributed by atoms with Crippen molar-refractivity contribution in [3.8, 4) is 10.4 Å². The van der Waals surface area contributed by atoms with Crippen LogP contribution in [0.25, 0.3) is 20.7 Å². The Labute approximate surface area is 166 Å². The van der Waals surface area contributed by atoms with Crippen LogP contribution < -0.4 is 9.62 Å². The Bertz CT molecular complexity index is 1080. The summed E-state index contributed by atoms with van der Waals surface area (Å²) in [6, 6.07) is 9.21. The summed E-state index contributed by atoms with van der Waals surface area (Å²) in [6.07, 6.45) is 1.13. The number of thiophene rings is 1. The number of anilines is 2. The number of rotatable bonds is 4. The van der Waals surface area contributed by atoms with E-state index in [1.165, 1.54) is 0 Å². The molecule has 1 fully saturated rings. The molecule has 0 unspecified atom stereocenters. The van der Waals surface area contributed by atoms with Gasteiger partial charge in [0.2, 0.25) is 15.3 Å². The second-order valence-electron chi connectivity index (χ2n) is 6.19. The zero-order valence-electron chi connectivity index (χ0n) is 14.5. The van der Waals surface area contributed by atoms with Crippen LogP contribution in [-0.2, 0) is 14.8 Å². The van der Waals surface area contributed by atoms with Crippen molar-refractivity contribution in [2.45, 2.75) is 0 Å². The van der Waals surface area contributed by atoms with Crippen LogP contribution in [0.1, 0.15) is 0 Å². The molecule has 0 atom stereocenters. The average molecular weight is 425 g/mol. The monoisotopic (exact) mass is 424 g/mol. The molecule has 7 nitrogen and oxygen atoms in total. The van der Waals surface area contributed by atoms with Crippen molar-refractivity contribution in [2.75, 3.05) is 42.2 Å². The molecule has 1 aliphatic rings. The third-order valence-corrected chi connectivity index (χ3v) is 6.05. The lowest BCUT2D eigenvalue weighted by molar-refractivity contribution is 0.122. The van der Waals surface area contributed by atoms with E-state index in [-0.39, 0.29) is 5.28 Å². The minimum atomic E-state index is -3.29. The van der Waals surface area contributed by atoms with Crippen molar-refractivity contribution in [3.63, 3.8) is 0 Å². The lowest BCUT2D eigenvalue weighted by atomic mass is 10.2. The number of sulfonamides is 1. The first-order valence-electron chi connectivity index (χ1n) is 8.27. The van der Waals surface area contributed by atoms with Crippen LogP contribution >= 0.6 is 22.9 Å². The molecule has 142 valence electrons. The molecule has 1 aromatic carbocycles. The number of nitrogens with zero attached hydrogens (tertiary/aromatic N) is 3. The van der Waals surface area contributed by atoms with Gasteiger partial charge in [-0.25, -0.2) is 13.4 Å². The first-order valence-corrected chi connectivity index (χ1v) is 11.4. The highest BCUT2D eigenvalue weighted by molar-refractivity contribution is 7.92. The Morgan fingerprint density at radius 1 is 1.19 bits per heavy atom. The number of nitrogens with one attached hydrogen (secondary N) is 1. The molecule has 0 saturated carbocycles. The molecule has 0 aliphatic carbocycles. The normalized spacial score (nSPS) is 15.3. The van der Waals surface area contributed by atoms with Gasteiger partial charge in [-0.1, -0.05) is 12.1 Å². The molecule has 0 radical (unpaired) electrons. The number of hydrogen-bond acceptors (Lipinski definition) is 7. The quantitative estimate of drug-likeness (QED) is 0.647. The summed E-state index contributed by atoms with van der Waals surface area (Å²) in [6.45, 7) is 2.86. The number of benzene rings is 1. The van der Waals surface area contributed by atoms with E-state index in [0.29, 0.717) is 18.9 Å². The summed E-state index contributed by atoms with van der Waals surface area (Å²) in [5, 5.41) is 0.223. The molecule has 1 N–H and O–H groups in total. The van der Waals surface area contributed by atoms with E-state index >= 15 is 0 Å². The smallest absolute Gasteiger partial charge is 0.229 e. The van der Waals surface area contributed by atoms with Gasteiger partial charge in [0.05, 0.1) is 29.7 Å². The van der Waals surface area contributed by atoms with E-state index in [1.807, 2.05) is 18.2 Å². The summed E-state index contributed by atoms with van der Waals surface area (Å²) in [7, 11) is -3.29. The van der Waals surface area contributed by atoms with Gasteiger partial charge in [0.1, 0.15) is 0 Å². The number of morpholine rings is 1. The molecule has 3 aromatic rings. The fraction of sp³-hybridized carbons (Fsp3) is 0.294. The van der Waals surface area contributed by atoms with Gasteiger partial charge in [0.15, 0.2) is 5.82 Å². The van der Waals surface area contributed by atoms with Crippen LogP contribution in [0, 0.1) is 0 Å². The number of fused-ring (bicyclic) bond motifs is 1. The standard InChI is InChI=1S/C17H17ClN4O3S2/c1-27(23,24)21-12-4-2-11(3-5-12)14-10-13-15(26-14)16(20-17(18)19-13)22-6-8-25-9-7-22/h2-5,10,21H,6-9H2,1H3. The molecule has 1 aliphatic heterocycles. The molecule has 0 bridgehead atoms. The second-order valence-corrected chi connectivity index (χ2v) is 9.33. The molecular formula is C17H17ClN4O3S2. The van der Waals surface area contributed by atoms with Crippen molar-refractivity contribution >= 4 is 54.7 Å². The van der Waals surface area contributed by atoms with E-state index in [9.17, 15) is 8.42 Å². The molecule has 3 heterocycles. The van der Waals surface area contributed by atoms with Gasteiger partial charge < -0.3 is 9.64 Å². The SMILES string of the molecule is CS(=O)(=O)Nc1ccc(-c2cc3nc(Cl)nc(N4CCOCC4)c3s2)cc1. The molecule has 0 spiro atoms. The van der Waals surface area contributed by atoms with Crippen molar-refractivity contribution in [2.24, 2.45) is 0 Å². The summed E-state index contributed by atoms with van der Waals surface area (Å²) in [4.78, 5) is 12.0. The van der Waals surface area contributed by atoms with Gasteiger partial charge in [-0.2, -0.15) is 4.98 Å². The highest BCUT2D eigenvalue weighted by atomic mass is 35.5. The zero-order chi connectivity index (χ0) is 19.0. The van der Waals surface area contributed by atoms with Crippen molar-refractivity contribution in [3.05, 3.63) is 35.6 Å². The summed E-state index contributed by atoms with van der Waals surface area (Å²) >= 11 is 7.73. The van der Waals surface area contributed by atoms with Crippen molar-refractivity contribution in [1.29, 1.82) is 0 Å². The van der Waals surface area contributed by atoms with Gasteiger partial charge in [-0.15, -0.1) is 11.3 Å². The molecule has 2 aromatic heterocycles. The molecule has 0 amide bonds. The van der Waals surface area contributed by atoms with E-state index in [2.05, 4.69) is 19.6 Å². The Balaban J connectivity index is 1.71. The molecular weight excluding hydrogens is 408 g/mol. The maximum absolute atomic E-state index is 11.3. The molecule has 1 saturated heterocycles.